The summed E-state index contributed by atoms with van der Waals surface area (Å²) in [5.41, 5.74) is 0. The fourth-order valence-electron chi connectivity index (χ4n) is 2.83. The number of hydrogen-bond donors (Lipinski definition) is 1. The first-order chi connectivity index (χ1) is 9.60. The molecule has 2 aliphatic heterocycles. The number of aliphatic hydroxyl groups excluding tert-OH is 1. The first-order valence-electron chi connectivity index (χ1n) is 7.44. The zero-order valence-electron chi connectivity index (χ0n) is 12.3. The second kappa shape index (κ2) is 7.07. The van der Waals surface area contributed by atoms with Gasteiger partial charge in [-0.15, -0.1) is 6.42 Å². The predicted molar refractivity (Wildman–Crippen MR) is 78.1 cm³/mol. The molecule has 2 fully saturated rings. The normalized spacial score (nSPS) is 29.1. The summed E-state index contributed by atoms with van der Waals surface area (Å²) in [7, 11) is 0. The van der Waals surface area contributed by atoms with E-state index in [0.717, 1.165) is 39.1 Å². The van der Waals surface area contributed by atoms with E-state index in [9.17, 15) is 9.90 Å². The molecule has 0 radical (unpaired) electrons. The average molecular weight is 279 g/mol. The molecule has 0 aromatic heterocycles. The summed E-state index contributed by atoms with van der Waals surface area (Å²) >= 11 is 0. The van der Waals surface area contributed by atoms with Gasteiger partial charge < -0.3 is 10.0 Å². The van der Waals surface area contributed by atoms with E-state index in [-0.39, 0.29) is 12.0 Å². The van der Waals surface area contributed by atoms with Gasteiger partial charge in [0.05, 0.1) is 19.2 Å². The van der Waals surface area contributed by atoms with E-state index in [1.807, 2.05) is 4.90 Å². The van der Waals surface area contributed by atoms with Gasteiger partial charge >= 0.3 is 0 Å². The Labute approximate surface area is 121 Å². The molecule has 0 spiro atoms. The minimum Gasteiger partial charge on any atom is -0.392 e. The van der Waals surface area contributed by atoms with Gasteiger partial charge in [-0.05, 0) is 18.9 Å². The van der Waals surface area contributed by atoms with Gasteiger partial charge in [0.25, 0.3) is 0 Å². The van der Waals surface area contributed by atoms with Crippen LogP contribution in [-0.2, 0) is 4.79 Å². The van der Waals surface area contributed by atoms with E-state index in [0.29, 0.717) is 25.6 Å². The van der Waals surface area contributed by atoms with Crippen LogP contribution in [0.2, 0.25) is 0 Å². The third-order valence-corrected chi connectivity index (χ3v) is 4.40. The topological polar surface area (TPSA) is 47.0 Å². The minimum atomic E-state index is -0.302. The quantitative estimate of drug-likeness (QED) is 0.705. The van der Waals surface area contributed by atoms with Gasteiger partial charge in [-0.2, -0.15) is 0 Å². The second-order valence-corrected chi connectivity index (χ2v) is 5.93. The summed E-state index contributed by atoms with van der Waals surface area (Å²) in [5.74, 6) is 3.16. The molecule has 2 atom stereocenters. The molecule has 5 nitrogen and oxygen atoms in total. The Hall–Kier alpha value is -1.09. The highest BCUT2D eigenvalue weighted by atomic mass is 16.3. The lowest BCUT2D eigenvalue weighted by atomic mass is 9.96. The van der Waals surface area contributed by atoms with Crippen molar-refractivity contribution < 1.29 is 9.90 Å². The second-order valence-electron chi connectivity index (χ2n) is 5.93. The van der Waals surface area contributed by atoms with E-state index in [4.69, 9.17) is 6.42 Å². The smallest absolute Gasteiger partial charge is 0.236 e. The summed E-state index contributed by atoms with van der Waals surface area (Å²) in [5, 5.41) is 9.87. The highest BCUT2D eigenvalue weighted by Gasteiger charge is 2.27. The minimum absolute atomic E-state index is 0.173. The Morgan fingerprint density at radius 3 is 2.55 bits per heavy atom. The van der Waals surface area contributed by atoms with Crippen LogP contribution in [0, 0.1) is 18.3 Å². The molecule has 1 amide bonds. The number of terminal acetylenes is 1. The SMILES string of the molecule is C#CCN1CCN(C(=O)CN2CCC(C)C(O)C2)CC1. The Morgan fingerprint density at radius 2 is 1.95 bits per heavy atom. The van der Waals surface area contributed by atoms with Crippen molar-refractivity contribution in [3.8, 4) is 12.3 Å². The standard InChI is InChI=1S/C15H25N3O2/c1-3-5-16-7-9-18(10-8-16)15(20)12-17-6-4-13(2)14(19)11-17/h1,13-14,19H,4-12H2,2H3. The van der Waals surface area contributed by atoms with Crippen LogP contribution in [0.5, 0.6) is 0 Å². The molecule has 2 aliphatic rings. The number of hydrogen-bond acceptors (Lipinski definition) is 4. The van der Waals surface area contributed by atoms with Crippen LogP contribution in [0.4, 0.5) is 0 Å². The van der Waals surface area contributed by atoms with Crippen molar-refractivity contribution in [2.24, 2.45) is 5.92 Å². The van der Waals surface area contributed by atoms with Gasteiger partial charge in [0.15, 0.2) is 0 Å². The number of nitrogens with zero attached hydrogens (tertiary/aromatic N) is 3. The maximum absolute atomic E-state index is 12.3. The van der Waals surface area contributed by atoms with Crippen LogP contribution >= 0.6 is 0 Å². The molecule has 20 heavy (non-hydrogen) atoms. The van der Waals surface area contributed by atoms with Gasteiger partial charge in [-0.3, -0.25) is 14.6 Å². The Balaban J connectivity index is 1.74. The maximum atomic E-state index is 12.3. The average Bonchev–Trinajstić information content (AvgIpc) is 2.44. The molecule has 2 saturated heterocycles. The molecule has 112 valence electrons. The van der Waals surface area contributed by atoms with E-state index in [2.05, 4.69) is 22.6 Å². The maximum Gasteiger partial charge on any atom is 0.236 e. The first kappa shape index (κ1) is 15.3. The summed E-state index contributed by atoms with van der Waals surface area (Å²) in [6, 6.07) is 0. The monoisotopic (exact) mass is 279 g/mol. The van der Waals surface area contributed by atoms with Crippen molar-refractivity contribution in [1.82, 2.24) is 14.7 Å². The molecule has 0 saturated carbocycles. The Bertz CT molecular complexity index is 372. The number of carbonyl (C=O) groups is 1. The summed E-state index contributed by atoms with van der Waals surface area (Å²) in [6.45, 7) is 7.91. The van der Waals surface area contributed by atoms with Gasteiger partial charge in [0.1, 0.15) is 0 Å². The molecule has 0 bridgehead atoms. The lowest BCUT2D eigenvalue weighted by molar-refractivity contribution is -0.135. The Kier molecular flexibility index (Phi) is 5.41. The van der Waals surface area contributed by atoms with E-state index in [1.165, 1.54) is 0 Å². The Morgan fingerprint density at radius 1 is 1.25 bits per heavy atom. The van der Waals surface area contributed by atoms with Crippen LogP contribution in [0.1, 0.15) is 13.3 Å². The van der Waals surface area contributed by atoms with Crippen molar-refractivity contribution in [2.45, 2.75) is 19.4 Å². The van der Waals surface area contributed by atoms with Crippen LogP contribution in [0.25, 0.3) is 0 Å². The van der Waals surface area contributed by atoms with Gasteiger partial charge in [-0.1, -0.05) is 12.8 Å². The molecule has 2 unspecified atom stereocenters. The van der Waals surface area contributed by atoms with Crippen molar-refractivity contribution in [3.05, 3.63) is 0 Å². The fraction of sp³-hybridized carbons (Fsp3) is 0.800. The molecular formula is C15H25N3O2. The van der Waals surface area contributed by atoms with Crippen LogP contribution in [-0.4, -0.2) is 84.2 Å². The third kappa shape index (κ3) is 3.95. The lowest BCUT2D eigenvalue weighted by Gasteiger charge is -2.37. The molecule has 1 N–H and O–H groups in total. The van der Waals surface area contributed by atoms with Crippen molar-refractivity contribution >= 4 is 5.91 Å². The third-order valence-electron chi connectivity index (χ3n) is 4.40. The molecule has 0 aliphatic carbocycles. The van der Waals surface area contributed by atoms with Gasteiger partial charge in [-0.25, -0.2) is 0 Å². The van der Waals surface area contributed by atoms with Crippen LogP contribution in [0.3, 0.4) is 0 Å². The number of aliphatic hydroxyl groups is 1. The molecule has 2 rings (SSSR count). The zero-order valence-corrected chi connectivity index (χ0v) is 12.3. The molecule has 0 aromatic rings. The number of carbonyl (C=O) groups excluding carboxylic acids is 1. The van der Waals surface area contributed by atoms with Crippen molar-refractivity contribution in [1.29, 1.82) is 0 Å². The van der Waals surface area contributed by atoms with Crippen molar-refractivity contribution in [2.75, 3.05) is 52.4 Å². The molecule has 0 aromatic carbocycles. The zero-order chi connectivity index (χ0) is 14.5. The largest absolute Gasteiger partial charge is 0.392 e. The van der Waals surface area contributed by atoms with Crippen LogP contribution < -0.4 is 0 Å². The number of piperidine rings is 1. The molecule has 2 heterocycles. The number of piperazine rings is 1. The summed E-state index contributed by atoms with van der Waals surface area (Å²) < 4.78 is 0. The van der Waals surface area contributed by atoms with Gasteiger partial charge in [0.2, 0.25) is 5.91 Å². The van der Waals surface area contributed by atoms with E-state index < -0.39 is 0 Å². The lowest BCUT2D eigenvalue weighted by Crippen LogP contribution is -2.53. The fourth-order valence-corrected chi connectivity index (χ4v) is 2.83. The number of likely N-dealkylation sites (tertiary alicyclic amines) is 1. The van der Waals surface area contributed by atoms with Gasteiger partial charge in [0, 0.05) is 32.7 Å². The first-order valence-corrected chi connectivity index (χ1v) is 7.44. The number of rotatable bonds is 3. The summed E-state index contributed by atoms with van der Waals surface area (Å²) in [6.07, 6.45) is 5.96. The highest BCUT2D eigenvalue weighted by Crippen LogP contribution is 2.17. The predicted octanol–water partition coefficient (Wildman–Crippen LogP) is -0.533. The molecule has 5 heteroatoms. The summed E-state index contributed by atoms with van der Waals surface area (Å²) in [4.78, 5) is 18.4. The van der Waals surface area contributed by atoms with E-state index in [1.54, 1.807) is 0 Å². The number of amides is 1. The van der Waals surface area contributed by atoms with Crippen LogP contribution in [0.15, 0.2) is 0 Å². The number of β-amino-alcohol motifs (C(OH)–C–C–N with tert-alkyl or cyclic N) is 1. The van der Waals surface area contributed by atoms with E-state index >= 15 is 0 Å². The van der Waals surface area contributed by atoms with Crippen molar-refractivity contribution in [3.63, 3.8) is 0 Å². The highest BCUT2D eigenvalue weighted by molar-refractivity contribution is 5.78. The molecular weight excluding hydrogens is 254 g/mol.